The summed E-state index contributed by atoms with van der Waals surface area (Å²) in [5.41, 5.74) is 0.563. The van der Waals surface area contributed by atoms with Crippen molar-refractivity contribution in [3.63, 3.8) is 0 Å². The van der Waals surface area contributed by atoms with E-state index < -0.39 is 0 Å². The first kappa shape index (κ1) is 16.6. The molecular formula is C18H22FN3O2. The average Bonchev–Trinajstić information content (AvgIpc) is 2.91. The van der Waals surface area contributed by atoms with Crippen LogP contribution in [0.4, 0.5) is 4.39 Å². The largest absolute Gasteiger partial charge is 0.353 e. The molecule has 1 aliphatic carbocycles. The fraction of sp³-hybridized carbons (Fsp3) is 0.500. The third-order valence-corrected chi connectivity index (χ3v) is 4.34. The topological polar surface area (TPSA) is 68.0 Å². The van der Waals surface area contributed by atoms with Crippen molar-refractivity contribution >= 4 is 5.91 Å². The van der Waals surface area contributed by atoms with Gasteiger partial charge in [0.25, 0.3) is 0 Å². The van der Waals surface area contributed by atoms with Gasteiger partial charge in [0, 0.05) is 24.4 Å². The molecule has 0 aliphatic heterocycles. The average molecular weight is 331 g/mol. The number of aromatic nitrogens is 2. The van der Waals surface area contributed by atoms with Crippen molar-refractivity contribution < 1.29 is 13.7 Å². The lowest BCUT2D eigenvalue weighted by Gasteiger charge is -2.15. The summed E-state index contributed by atoms with van der Waals surface area (Å²) >= 11 is 0. The van der Waals surface area contributed by atoms with Crippen LogP contribution in [-0.4, -0.2) is 22.1 Å². The number of halogens is 1. The van der Waals surface area contributed by atoms with E-state index in [1.165, 1.54) is 37.8 Å². The molecule has 128 valence electrons. The molecule has 0 bridgehead atoms. The van der Waals surface area contributed by atoms with Gasteiger partial charge in [0.05, 0.1) is 0 Å². The van der Waals surface area contributed by atoms with Gasteiger partial charge < -0.3 is 9.84 Å². The molecule has 1 fully saturated rings. The van der Waals surface area contributed by atoms with Crippen molar-refractivity contribution in [2.24, 2.45) is 0 Å². The maximum Gasteiger partial charge on any atom is 0.227 e. The Labute approximate surface area is 140 Å². The molecule has 0 radical (unpaired) electrons. The van der Waals surface area contributed by atoms with E-state index in [9.17, 15) is 9.18 Å². The summed E-state index contributed by atoms with van der Waals surface area (Å²) in [6.45, 7) is 0. The zero-order valence-electron chi connectivity index (χ0n) is 13.6. The minimum atomic E-state index is -0.346. The van der Waals surface area contributed by atoms with Crippen molar-refractivity contribution in [3.8, 4) is 11.4 Å². The molecule has 1 aromatic carbocycles. The highest BCUT2D eigenvalue weighted by Crippen LogP contribution is 2.18. The van der Waals surface area contributed by atoms with E-state index in [0.29, 0.717) is 36.2 Å². The van der Waals surface area contributed by atoms with Gasteiger partial charge >= 0.3 is 0 Å². The molecule has 0 saturated heterocycles. The molecule has 0 atom stereocenters. The van der Waals surface area contributed by atoms with E-state index in [1.54, 1.807) is 12.1 Å². The van der Waals surface area contributed by atoms with Gasteiger partial charge in [-0.15, -0.1) is 0 Å². The Morgan fingerprint density at radius 3 is 2.79 bits per heavy atom. The fourth-order valence-corrected chi connectivity index (χ4v) is 3.05. The van der Waals surface area contributed by atoms with Crippen LogP contribution in [0.15, 0.2) is 28.8 Å². The molecule has 5 nitrogen and oxygen atoms in total. The van der Waals surface area contributed by atoms with Crippen LogP contribution >= 0.6 is 0 Å². The second-order valence-corrected chi connectivity index (χ2v) is 6.28. The van der Waals surface area contributed by atoms with E-state index in [0.717, 1.165) is 12.8 Å². The lowest BCUT2D eigenvalue weighted by atomic mass is 10.1. The van der Waals surface area contributed by atoms with Crippen LogP contribution in [0.1, 0.15) is 50.8 Å². The summed E-state index contributed by atoms with van der Waals surface area (Å²) in [5, 5.41) is 6.95. The maximum atomic E-state index is 13.2. The number of hydrogen-bond acceptors (Lipinski definition) is 4. The molecule has 1 saturated carbocycles. The van der Waals surface area contributed by atoms with Crippen LogP contribution in [-0.2, 0) is 11.2 Å². The molecule has 2 aromatic rings. The number of hydrogen-bond donors (Lipinski definition) is 1. The SMILES string of the molecule is O=C(CCc1nc(-c2cccc(F)c2)no1)NC1CCCCCC1. The minimum Gasteiger partial charge on any atom is -0.353 e. The number of amides is 1. The van der Waals surface area contributed by atoms with Crippen molar-refractivity contribution in [2.45, 2.75) is 57.4 Å². The molecule has 3 rings (SSSR count). The monoisotopic (exact) mass is 331 g/mol. The van der Waals surface area contributed by atoms with Crippen LogP contribution < -0.4 is 5.32 Å². The first-order valence-corrected chi connectivity index (χ1v) is 8.58. The zero-order chi connectivity index (χ0) is 16.8. The van der Waals surface area contributed by atoms with Gasteiger partial charge in [-0.2, -0.15) is 4.98 Å². The maximum absolute atomic E-state index is 13.2. The Morgan fingerprint density at radius 2 is 2.04 bits per heavy atom. The molecule has 1 aromatic heterocycles. The first-order valence-electron chi connectivity index (χ1n) is 8.58. The van der Waals surface area contributed by atoms with Gasteiger partial charge in [0.15, 0.2) is 0 Å². The zero-order valence-corrected chi connectivity index (χ0v) is 13.6. The summed E-state index contributed by atoms with van der Waals surface area (Å²) < 4.78 is 18.4. The molecule has 24 heavy (non-hydrogen) atoms. The molecular weight excluding hydrogens is 309 g/mol. The lowest BCUT2D eigenvalue weighted by Crippen LogP contribution is -2.34. The molecule has 1 aliphatic rings. The number of rotatable bonds is 5. The Hall–Kier alpha value is -2.24. The van der Waals surface area contributed by atoms with Gasteiger partial charge in [-0.25, -0.2) is 4.39 Å². The van der Waals surface area contributed by atoms with E-state index in [2.05, 4.69) is 15.5 Å². The van der Waals surface area contributed by atoms with Crippen molar-refractivity contribution in [3.05, 3.63) is 36.0 Å². The Bertz CT molecular complexity index is 678. The molecule has 0 spiro atoms. The Kier molecular flexibility index (Phi) is 5.56. The van der Waals surface area contributed by atoms with E-state index >= 15 is 0 Å². The number of aryl methyl sites for hydroxylation is 1. The smallest absolute Gasteiger partial charge is 0.227 e. The summed E-state index contributed by atoms with van der Waals surface area (Å²) in [6, 6.07) is 6.33. The van der Waals surface area contributed by atoms with Gasteiger partial charge in [-0.3, -0.25) is 4.79 Å². The third kappa shape index (κ3) is 4.63. The quantitative estimate of drug-likeness (QED) is 0.849. The summed E-state index contributed by atoms with van der Waals surface area (Å²) in [5.74, 6) is 0.410. The van der Waals surface area contributed by atoms with Gasteiger partial charge in [-0.05, 0) is 25.0 Å². The molecule has 1 N–H and O–H groups in total. The Morgan fingerprint density at radius 1 is 1.25 bits per heavy atom. The summed E-state index contributed by atoms with van der Waals surface area (Å²) in [6.07, 6.45) is 7.74. The van der Waals surface area contributed by atoms with Crippen molar-refractivity contribution in [2.75, 3.05) is 0 Å². The van der Waals surface area contributed by atoms with Crippen LogP contribution in [0.5, 0.6) is 0 Å². The van der Waals surface area contributed by atoms with Crippen molar-refractivity contribution in [1.82, 2.24) is 15.5 Å². The number of carbonyl (C=O) groups is 1. The Balaban J connectivity index is 1.50. The van der Waals surface area contributed by atoms with Crippen LogP contribution in [0.25, 0.3) is 11.4 Å². The highest BCUT2D eigenvalue weighted by atomic mass is 19.1. The molecule has 1 amide bonds. The first-order chi connectivity index (χ1) is 11.7. The standard InChI is InChI=1S/C18H22FN3O2/c19-14-7-5-6-13(12-14)18-21-17(24-22-18)11-10-16(23)20-15-8-3-1-2-4-9-15/h5-7,12,15H,1-4,8-11H2,(H,20,23). The summed E-state index contributed by atoms with van der Waals surface area (Å²) in [7, 11) is 0. The lowest BCUT2D eigenvalue weighted by molar-refractivity contribution is -0.121. The highest BCUT2D eigenvalue weighted by molar-refractivity contribution is 5.76. The normalized spacial score (nSPS) is 15.9. The number of nitrogens with one attached hydrogen (secondary N) is 1. The predicted octanol–water partition coefficient (Wildman–Crippen LogP) is 3.65. The van der Waals surface area contributed by atoms with Gasteiger partial charge in [0.2, 0.25) is 17.6 Å². The van der Waals surface area contributed by atoms with Gasteiger partial charge in [0.1, 0.15) is 5.82 Å². The number of carbonyl (C=O) groups excluding carboxylic acids is 1. The fourth-order valence-electron chi connectivity index (χ4n) is 3.05. The minimum absolute atomic E-state index is 0.0207. The predicted molar refractivity (Wildman–Crippen MR) is 87.6 cm³/mol. The van der Waals surface area contributed by atoms with Crippen LogP contribution in [0.3, 0.4) is 0 Å². The van der Waals surface area contributed by atoms with Gasteiger partial charge in [-0.1, -0.05) is 43.0 Å². The van der Waals surface area contributed by atoms with Crippen LogP contribution in [0, 0.1) is 5.82 Å². The second-order valence-electron chi connectivity index (χ2n) is 6.28. The second kappa shape index (κ2) is 8.04. The van der Waals surface area contributed by atoms with E-state index in [4.69, 9.17) is 4.52 Å². The third-order valence-electron chi connectivity index (χ3n) is 4.34. The highest BCUT2D eigenvalue weighted by Gasteiger charge is 2.16. The number of nitrogens with zero attached hydrogens (tertiary/aromatic N) is 2. The van der Waals surface area contributed by atoms with Crippen molar-refractivity contribution in [1.29, 1.82) is 0 Å². The molecule has 6 heteroatoms. The van der Waals surface area contributed by atoms with Crippen LogP contribution in [0.2, 0.25) is 0 Å². The van der Waals surface area contributed by atoms with E-state index in [1.807, 2.05) is 0 Å². The molecule has 1 heterocycles. The summed E-state index contributed by atoms with van der Waals surface area (Å²) in [4.78, 5) is 16.3. The van der Waals surface area contributed by atoms with E-state index in [-0.39, 0.29) is 11.7 Å². The number of benzene rings is 1. The molecule has 0 unspecified atom stereocenters.